The number of nitrogens with one attached hydrogen (secondary N) is 2. The molecule has 5 rings (SSSR count). The first kappa shape index (κ1) is 27.0. The number of sulfone groups is 1. The summed E-state index contributed by atoms with van der Waals surface area (Å²) >= 11 is 1.38. The van der Waals surface area contributed by atoms with Crippen LogP contribution in [0.2, 0.25) is 0 Å². The van der Waals surface area contributed by atoms with Crippen LogP contribution in [-0.4, -0.2) is 81.2 Å². The normalized spacial score (nSPS) is 15.3. The summed E-state index contributed by atoms with van der Waals surface area (Å²) in [5.74, 6) is -0.474. The molecule has 1 aliphatic heterocycles. The summed E-state index contributed by atoms with van der Waals surface area (Å²) in [6.45, 7) is 8.45. The van der Waals surface area contributed by atoms with Gasteiger partial charge in [0.2, 0.25) is 5.91 Å². The van der Waals surface area contributed by atoms with Crippen LogP contribution in [0.1, 0.15) is 29.9 Å². The van der Waals surface area contributed by atoms with E-state index in [-0.39, 0.29) is 29.5 Å². The van der Waals surface area contributed by atoms with E-state index in [1.54, 1.807) is 47.0 Å². The van der Waals surface area contributed by atoms with Gasteiger partial charge in [0, 0.05) is 37.3 Å². The van der Waals surface area contributed by atoms with Gasteiger partial charge in [0.1, 0.15) is 14.7 Å². The molecule has 1 fully saturated rings. The minimum Gasteiger partial charge on any atom is -0.324 e. The van der Waals surface area contributed by atoms with Crippen molar-refractivity contribution in [1.82, 2.24) is 29.3 Å². The third kappa shape index (κ3) is 6.34. The van der Waals surface area contributed by atoms with Crippen molar-refractivity contribution in [1.29, 1.82) is 0 Å². The Morgan fingerprint density at radius 3 is 2.59 bits per heavy atom. The number of likely N-dealkylation sites (tertiary alicyclic amines) is 1. The third-order valence-corrected chi connectivity index (χ3v) is 8.42. The van der Waals surface area contributed by atoms with Crippen LogP contribution < -0.4 is 10.6 Å². The van der Waals surface area contributed by atoms with E-state index in [9.17, 15) is 18.0 Å². The van der Waals surface area contributed by atoms with E-state index in [4.69, 9.17) is 0 Å². The van der Waals surface area contributed by atoms with Crippen molar-refractivity contribution in [2.75, 3.05) is 42.3 Å². The lowest BCUT2D eigenvalue weighted by atomic mass is 9.84. The fourth-order valence-electron chi connectivity index (χ4n) is 4.55. The molecule has 206 valence electrons. The molecule has 5 heterocycles. The lowest BCUT2D eigenvalue weighted by Gasteiger charge is -2.45. The van der Waals surface area contributed by atoms with Crippen molar-refractivity contribution in [3.63, 3.8) is 0 Å². The predicted octanol–water partition coefficient (Wildman–Crippen LogP) is 2.54. The van der Waals surface area contributed by atoms with Gasteiger partial charge >= 0.3 is 0 Å². The number of aromatic nitrogens is 5. The molecule has 14 heteroatoms. The van der Waals surface area contributed by atoms with Crippen LogP contribution in [0.5, 0.6) is 0 Å². The third-order valence-electron chi connectivity index (χ3n) is 6.34. The van der Waals surface area contributed by atoms with Crippen molar-refractivity contribution in [3.05, 3.63) is 48.3 Å². The van der Waals surface area contributed by atoms with Crippen molar-refractivity contribution in [2.24, 2.45) is 5.41 Å². The van der Waals surface area contributed by atoms with Gasteiger partial charge in [0.25, 0.3) is 5.91 Å². The molecule has 4 aromatic rings. The van der Waals surface area contributed by atoms with Crippen molar-refractivity contribution >= 4 is 49.2 Å². The highest BCUT2D eigenvalue weighted by molar-refractivity contribution is 7.90. The topological polar surface area (TPSA) is 144 Å². The Hall–Kier alpha value is -3.62. The fourth-order valence-corrected chi connectivity index (χ4v) is 6.10. The summed E-state index contributed by atoms with van der Waals surface area (Å²) in [5, 5.41) is 14.3. The zero-order chi connectivity index (χ0) is 27.9. The zero-order valence-corrected chi connectivity index (χ0v) is 23.8. The first-order valence-electron chi connectivity index (χ1n) is 12.3. The van der Waals surface area contributed by atoms with Crippen molar-refractivity contribution in [3.8, 4) is 10.4 Å². The second kappa shape index (κ2) is 10.2. The van der Waals surface area contributed by atoms with E-state index in [2.05, 4.69) is 44.6 Å². The van der Waals surface area contributed by atoms with Crippen molar-refractivity contribution in [2.45, 2.75) is 27.3 Å². The predicted molar refractivity (Wildman–Crippen MR) is 150 cm³/mol. The minimum absolute atomic E-state index is 0.00213. The number of hydrogen-bond acceptors (Lipinski definition) is 9. The molecule has 0 spiro atoms. The van der Waals surface area contributed by atoms with E-state index in [1.807, 2.05) is 0 Å². The van der Waals surface area contributed by atoms with Crippen LogP contribution in [0, 0.1) is 12.3 Å². The Balaban J connectivity index is 1.27. The van der Waals surface area contributed by atoms with Crippen molar-refractivity contribution < 1.29 is 18.0 Å². The largest absolute Gasteiger partial charge is 0.324 e. The summed E-state index contributed by atoms with van der Waals surface area (Å²) in [7, 11) is -3.09. The molecule has 0 radical (unpaired) electrons. The number of pyridine rings is 1. The summed E-state index contributed by atoms with van der Waals surface area (Å²) in [6, 6.07) is 1.70. The first-order chi connectivity index (χ1) is 18.3. The number of carbonyl (C=O) groups is 2. The molecule has 4 aromatic heterocycles. The smallest absolute Gasteiger partial charge is 0.260 e. The summed E-state index contributed by atoms with van der Waals surface area (Å²) < 4.78 is 26.1. The van der Waals surface area contributed by atoms with Crippen LogP contribution in [0.15, 0.2) is 37.1 Å². The maximum Gasteiger partial charge on any atom is 0.260 e. The molecule has 2 N–H and O–H groups in total. The molecule has 0 aromatic carbocycles. The van der Waals surface area contributed by atoms with Crippen LogP contribution >= 0.6 is 11.3 Å². The van der Waals surface area contributed by atoms with E-state index in [0.717, 1.165) is 23.5 Å². The fraction of sp³-hybridized carbons (Fsp3) is 0.400. The minimum atomic E-state index is -3.09. The number of fused-ring (bicyclic) bond motifs is 1. The summed E-state index contributed by atoms with van der Waals surface area (Å²) in [5.41, 5.74) is 3.05. The lowest BCUT2D eigenvalue weighted by Crippen LogP contribution is -2.54. The number of anilines is 2. The summed E-state index contributed by atoms with van der Waals surface area (Å²) in [6.07, 6.45) is 9.50. The Morgan fingerprint density at radius 1 is 1.10 bits per heavy atom. The molecule has 12 nitrogen and oxygen atoms in total. The monoisotopic (exact) mass is 570 g/mol. The molecule has 2 amide bonds. The first-order valence-corrected chi connectivity index (χ1v) is 15.2. The standard InChI is InChI=1S/C25H30N8O4S2/c1-16-20(7-18(9-26-16)29-22(34)13-31-14-25(2,3)15-31)30-23(35)19-10-28-33-12-21(38-24(19)33)17-8-27-32(11-17)5-6-39(4,36)37/h7-12H,5-6,13-15H2,1-4H3,(H,29,34)(H,30,35). The Bertz CT molecular complexity index is 1660. The number of amides is 2. The SMILES string of the molecule is Cc1ncc(NC(=O)CN2CC(C)(C)C2)cc1NC(=O)c1cnn2cc(-c3cnn(CCS(C)(=O)=O)c3)sc12. The van der Waals surface area contributed by atoms with Gasteiger partial charge in [-0.25, -0.2) is 12.9 Å². The zero-order valence-electron chi connectivity index (χ0n) is 22.1. The second-order valence-corrected chi connectivity index (χ2v) is 14.0. The Kier molecular flexibility index (Phi) is 7.03. The molecular weight excluding hydrogens is 540 g/mol. The molecular formula is C25H30N8O4S2. The maximum atomic E-state index is 13.2. The number of carbonyl (C=O) groups excluding carboxylic acids is 2. The maximum absolute atomic E-state index is 13.2. The lowest BCUT2D eigenvalue weighted by molar-refractivity contribution is -0.120. The molecule has 0 aliphatic carbocycles. The average Bonchev–Trinajstić information content (AvgIpc) is 3.53. The highest BCUT2D eigenvalue weighted by Crippen LogP contribution is 2.31. The number of rotatable bonds is 9. The van der Waals surface area contributed by atoms with Crippen LogP contribution in [0.3, 0.4) is 0 Å². The quantitative estimate of drug-likeness (QED) is 0.313. The van der Waals surface area contributed by atoms with Gasteiger partial charge < -0.3 is 10.6 Å². The van der Waals surface area contributed by atoms with Gasteiger partial charge in [0.05, 0.1) is 64.9 Å². The van der Waals surface area contributed by atoms with Gasteiger partial charge in [-0.2, -0.15) is 10.2 Å². The van der Waals surface area contributed by atoms with Gasteiger partial charge in [-0.15, -0.1) is 11.3 Å². The molecule has 0 saturated carbocycles. The second-order valence-electron chi connectivity index (χ2n) is 10.7. The summed E-state index contributed by atoms with van der Waals surface area (Å²) in [4.78, 5) is 33.6. The van der Waals surface area contributed by atoms with Crippen LogP contribution in [-0.2, 0) is 21.2 Å². The van der Waals surface area contributed by atoms with Gasteiger partial charge in [0.15, 0.2) is 0 Å². The average molecular weight is 571 g/mol. The number of aryl methyl sites for hydroxylation is 2. The Labute approximate surface area is 230 Å². The van der Waals surface area contributed by atoms with E-state index in [0.29, 0.717) is 34.0 Å². The number of nitrogens with zero attached hydrogens (tertiary/aromatic N) is 6. The highest BCUT2D eigenvalue weighted by Gasteiger charge is 2.34. The van der Waals surface area contributed by atoms with Crippen LogP contribution in [0.25, 0.3) is 15.3 Å². The van der Waals surface area contributed by atoms with Gasteiger partial charge in [-0.05, 0) is 18.4 Å². The van der Waals surface area contributed by atoms with Gasteiger partial charge in [-0.1, -0.05) is 13.8 Å². The molecule has 1 aliphatic rings. The molecule has 0 atom stereocenters. The van der Waals surface area contributed by atoms with E-state index < -0.39 is 9.84 Å². The van der Waals surface area contributed by atoms with Crippen LogP contribution in [0.4, 0.5) is 11.4 Å². The van der Waals surface area contributed by atoms with E-state index in [1.165, 1.54) is 23.8 Å². The van der Waals surface area contributed by atoms with E-state index >= 15 is 0 Å². The van der Waals surface area contributed by atoms with Gasteiger partial charge in [-0.3, -0.25) is 24.2 Å². The highest BCUT2D eigenvalue weighted by atomic mass is 32.2. The molecule has 39 heavy (non-hydrogen) atoms. The molecule has 1 saturated heterocycles. The molecule has 0 unspecified atom stereocenters. The number of hydrogen-bond donors (Lipinski definition) is 2. The number of thiazole rings is 1. The Morgan fingerprint density at radius 2 is 1.87 bits per heavy atom. The molecule has 0 bridgehead atoms.